The van der Waals surface area contributed by atoms with Crippen LogP contribution in [0.5, 0.6) is 0 Å². The molecule has 0 saturated carbocycles. The number of pyridine rings is 1. The van der Waals surface area contributed by atoms with Gasteiger partial charge >= 0.3 is 0 Å². The molecule has 2 aromatic rings. The van der Waals surface area contributed by atoms with E-state index in [1.807, 2.05) is 31.0 Å². The van der Waals surface area contributed by atoms with E-state index in [0.29, 0.717) is 26.3 Å². The Bertz CT molecular complexity index is 823. The van der Waals surface area contributed by atoms with Gasteiger partial charge in [0.05, 0.1) is 17.6 Å². The molecule has 4 rings (SSSR count). The first-order chi connectivity index (χ1) is 14.1. The summed E-state index contributed by atoms with van der Waals surface area (Å²) in [6.45, 7) is 6.69. The van der Waals surface area contributed by atoms with Crippen LogP contribution in [0.1, 0.15) is 32.3 Å². The minimum absolute atomic E-state index is 0.0715. The number of carbonyl (C=O) groups is 1. The highest BCUT2D eigenvalue weighted by atomic mass is 16.5. The van der Waals surface area contributed by atoms with Crippen molar-refractivity contribution in [2.24, 2.45) is 5.41 Å². The van der Waals surface area contributed by atoms with Crippen molar-refractivity contribution in [3.63, 3.8) is 0 Å². The largest absolute Gasteiger partial charge is 0.381 e. The molecule has 2 atom stereocenters. The van der Waals surface area contributed by atoms with Crippen LogP contribution in [0, 0.1) is 5.41 Å². The Morgan fingerprint density at radius 1 is 1.10 bits per heavy atom. The lowest BCUT2D eigenvalue weighted by Crippen LogP contribution is -2.55. The molecule has 0 spiro atoms. The Kier molecular flexibility index (Phi) is 5.97. The number of hydrogen-bond donors (Lipinski definition) is 0. The van der Waals surface area contributed by atoms with Crippen molar-refractivity contribution in [1.29, 1.82) is 0 Å². The molecule has 1 amide bonds. The Morgan fingerprint density at radius 2 is 1.83 bits per heavy atom. The zero-order valence-electron chi connectivity index (χ0n) is 17.3. The zero-order valence-corrected chi connectivity index (χ0v) is 17.3. The van der Waals surface area contributed by atoms with Gasteiger partial charge in [-0.2, -0.15) is 0 Å². The minimum Gasteiger partial charge on any atom is -0.381 e. The van der Waals surface area contributed by atoms with Gasteiger partial charge in [0.2, 0.25) is 5.91 Å². The van der Waals surface area contributed by atoms with Crippen LogP contribution in [0.25, 0.3) is 11.1 Å². The molecule has 0 aliphatic carbocycles. The second-order valence-corrected chi connectivity index (χ2v) is 8.44. The van der Waals surface area contributed by atoms with E-state index in [4.69, 9.17) is 9.47 Å². The molecule has 2 aliphatic heterocycles. The van der Waals surface area contributed by atoms with Crippen LogP contribution < -0.4 is 0 Å². The topological polar surface area (TPSA) is 51.7 Å². The average molecular weight is 395 g/mol. The molecule has 5 nitrogen and oxygen atoms in total. The van der Waals surface area contributed by atoms with E-state index in [2.05, 4.69) is 35.3 Å². The smallest absolute Gasteiger partial charge is 0.229 e. The summed E-state index contributed by atoms with van der Waals surface area (Å²) < 4.78 is 11.5. The van der Waals surface area contributed by atoms with E-state index >= 15 is 0 Å². The first-order valence-electron chi connectivity index (χ1n) is 10.6. The monoisotopic (exact) mass is 394 g/mol. The van der Waals surface area contributed by atoms with Gasteiger partial charge in [-0.05, 0) is 50.3 Å². The van der Waals surface area contributed by atoms with Crippen LogP contribution in [-0.4, -0.2) is 54.3 Å². The van der Waals surface area contributed by atoms with Crippen molar-refractivity contribution in [2.45, 2.75) is 45.3 Å². The Balaban J connectivity index is 1.66. The molecule has 0 unspecified atom stereocenters. The zero-order chi connectivity index (χ0) is 20.3. The second-order valence-electron chi connectivity index (χ2n) is 8.44. The molecule has 1 aromatic heterocycles. The van der Waals surface area contributed by atoms with Gasteiger partial charge in [-0.1, -0.05) is 30.3 Å². The summed E-state index contributed by atoms with van der Waals surface area (Å²) in [4.78, 5) is 20.1. The quantitative estimate of drug-likeness (QED) is 0.793. The third-order valence-corrected chi connectivity index (χ3v) is 6.13. The van der Waals surface area contributed by atoms with Gasteiger partial charge < -0.3 is 14.4 Å². The number of nitrogens with zero attached hydrogens (tertiary/aromatic N) is 2. The first kappa shape index (κ1) is 20.0. The summed E-state index contributed by atoms with van der Waals surface area (Å²) in [7, 11) is 0. The molecule has 0 N–H and O–H groups in total. The minimum atomic E-state index is -0.423. The second kappa shape index (κ2) is 8.64. The number of rotatable bonds is 4. The first-order valence-corrected chi connectivity index (χ1v) is 10.6. The molecule has 2 fully saturated rings. The highest BCUT2D eigenvalue weighted by Crippen LogP contribution is 2.39. The lowest BCUT2D eigenvalue weighted by Gasteiger charge is -2.43. The van der Waals surface area contributed by atoms with Gasteiger partial charge in [-0.25, -0.2) is 0 Å². The molecule has 0 radical (unpaired) electrons. The predicted molar refractivity (Wildman–Crippen MR) is 112 cm³/mol. The Hall–Kier alpha value is -2.24. The molecular formula is C24H30N2O3. The summed E-state index contributed by atoms with van der Waals surface area (Å²) >= 11 is 0. The van der Waals surface area contributed by atoms with E-state index in [9.17, 15) is 4.79 Å². The van der Waals surface area contributed by atoms with E-state index in [0.717, 1.165) is 30.4 Å². The van der Waals surface area contributed by atoms with Gasteiger partial charge in [-0.3, -0.25) is 9.78 Å². The molecule has 1 aromatic carbocycles. The van der Waals surface area contributed by atoms with Crippen LogP contribution in [0.2, 0.25) is 0 Å². The number of ether oxygens (including phenoxy) is 2. The number of morpholine rings is 1. The van der Waals surface area contributed by atoms with Crippen LogP contribution >= 0.6 is 0 Å². The fourth-order valence-electron chi connectivity index (χ4n) is 4.75. The van der Waals surface area contributed by atoms with Gasteiger partial charge in [-0.15, -0.1) is 0 Å². The molecule has 2 saturated heterocycles. The van der Waals surface area contributed by atoms with Crippen LogP contribution in [-0.2, 0) is 20.7 Å². The molecule has 3 heterocycles. The lowest BCUT2D eigenvalue weighted by atomic mass is 9.72. The van der Waals surface area contributed by atoms with E-state index in [1.165, 1.54) is 5.56 Å². The average Bonchev–Trinajstić information content (AvgIpc) is 2.74. The fourth-order valence-corrected chi connectivity index (χ4v) is 4.75. The SMILES string of the molecule is C[C@@H]1CN(C(=O)C2(Cc3ccccc3-c3cccnc3)CCOCC2)C[C@H](C)O1. The summed E-state index contributed by atoms with van der Waals surface area (Å²) in [5.41, 5.74) is 3.02. The molecule has 0 bridgehead atoms. The van der Waals surface area contributed by atoms with Crippen molar-refractivity contribution in [3.8, 4) is 11.1 Å². The van der Waals surface area contributed by atoms with Gasteiger partial charge in [0.15, 0.2) is 0 Å². The molecule has 29 heavy (non-hydrogen) atoms. The number of benzene rings is 1. The van der Waals surface area contributed by atoms with Crippen molar-refractivity contribution in [1.82, 2.24) is 9.88 Å². The summed E-state index contributed by atoms with van der Waals surface area (Å²) in [5, 5.41) is 0. The van der Waals surface area contributed by atoms with Crippen LogP contribution in [0.4, 0.5) is 0 Å². The number of aromatic nitrogens is 1. The lowest BCUT2D eigenvalue weighted by molar-refractivity contribution is -0.159. The van der Waals surface area contributed by atoms with Crippen molar-refractivity contribution in [3.05, 3.63) is 54.4 Å². The number of amides is 1. The van der Waals surface area contributed by atoms with Gasteiger partial charge in [0.25, 0.3) is 0 Å². The highest BCUT2D eigenvalue weighted by Gasteiger charge is 2.44. The van der Waals surface area contributed by atoms with Gasteiger partial charge in [0, 0.05) is 44.3 Å². The standard InChI is InChI=1S/C24H30N2O3/c1-18-16-26(17-19(2)29-18)23(27)24(9-12-28-13-10-24)14-20-6-3-4-8-22(20)21-7-5-11-25-15-21/h3-8,11,15,18-19H,9-10,12-14,16-17H2,1-2H3/t18-,19+. The van der Waals surface area contributed by atoms with Crippen LogP contribution in [0.3, 0.4) is 0 Å². The van der Waals surface area contributed by atoms with E-state index in [1.54, 1.807) is 6.20 Å². The normalized spacial score (nSPS) is 24.3. The van der Waals surface area contributed by atoms with Crippen molar-refractivity contribution in [2.75, 3.05) is 26.3 Å². The van der Waals surface area contributed by atoms with E-state index < -0.39 is 5.41 Å². The third-order valence-electron chi connectivity index (χ3n) is 6.13. The maximum atomic E-state index is 13.8. The van der Waals surface area contributed by atoms with E-state index in [-0.39, 0.29) is 18.1 Å². The molecule has 2 aliphatic rings. The third kappa shape index (κ3) is 4.36. The predicted octanol–water partition coefficient (Wildman–Crippen LogP) is 3.72. The summed E-state index contributed by atoms with van der Waals surface area (Å²) in [5.74, 6) is 0.254. The summed E-state index contributed by atoms with van der Waals surface area (Å²) in [6.07, 6.45) is 6.06. The fraction of sp³-hybridized carbons (Fsp3) is 0.500. The van der Waals surface area contributed by atoms with Crippen molar-refractivity contribution < 1.29 is 14.3 Å². The maximum Gasteiger partial charge on any atom is 0.229 e. The maximum absolute atomic E-state index is 13.8. The molecule has 154 valence electrons. The Morgan fingerprint density at radius 3 is 2.52 bits per heavy atom. The number of carbonyl (C=O) groups excluding carboxylic acids is 1. The molecule has 5 heteroatoms. The van der Waals surface area contributed by atoms with Crippen molar-refractivity contribution >= 4 is 5.91 Å². The summed E-state index contributed by atoms with van der Waals surface area (Å²) in [6, 6.07) is 12.4. The highest BCUT2D eigenvalue weighted by molar-refractivity contribution is 5.84. The molecular weight excluding hydrogens is 364 g/mol. The Labute approximate surface area is 173 Å². The van der Waals surface area contributed by atoms with Gasteiger partial charge in [0.1, 0.15) is 0 Å². The number of hydrogen-bond acceptors (Lipinski definition) is 4. The van der Waals surface area contributed by atoms with Crippen LogP contribution in [0.15, 0.2) is 48.8 Å².